The molecule has 1 aromatic carbocycles. The highest BCUT2D eigenvalue weighted by molar-refractivity contribution is 8.00. The first-order valence-corrected chi connectivity index (χ1v) is 7.62. The van der Waals surface area contributed by atoms with Gasteiger partial charge in [0.15, 0.2) is 0 Å². The Bertz CT molecular complexity index is 325. The Hall–Kier alpha value is -0.470. The lowest BCUT2D eigenvalue weighted by Gasteiger charge is -2.27. The number of thioether (sulfide) groups is 1. The van der Waals surface area contributed by atoms with E-state index in [1.165, 1.54) is 36.1 Å². The second kappa shape index (κ2) is 6.46. The van der Waals surface area contributed by atoms with Gasteiger partial charge in [-0.2, -0.15) is 0 Å². The maximum Gasteiger partial charge on any atom is 0.00955 e. The maximum atomic E-state index is 3.39. The van der Waals surface area contributed by atoms with Gasteiger partial charge in [-0.3, -0.25) is 0 Å². The molecule has 1 aliphatic rings. The molecular weight excluding hydrogens is 226 g/mol. The van der Waals surface area contributed by atoms with Crippen LogP contribution in [0.1, 0.15) is 38.2 Å². The van der Waals surface area contributed by atoms with Gasteiger partial charge in [0, 0.05) is 16.2 Å². The average Bonchev–Trinajstić information content (AvgIpc) is 2.40. The van der Waals surface area contributed by atoms with Gasteiger partial charge in [0.05, 0.1) is 0 Å². The third-order valence-electron chi connectivity index (χ3n) is 3.72. The third-order valence-corrected chi connectivity index (χ3v) is 5.07. The van der Waals surface area contributed by atoms with Crippen LogP contribution in [0.15, 0.2) is 29.2 Å². The molecule has 0 unspecified atom stereocenters. The summed E-state index contributed by atoms with van der Waals surface area (Å²) in [5, 5.41) is 4.22. The van der Waals surface area contributed by atoms with Gasteiger partial charge in [0.25, 0.3) is 0 Å². The van der Waals surface area contributed by atoms with Gasteiger partial charge in [-0.1, -0.05) is 19.1 Å². The van der Waals surface area contributed by atoms with E-state index >= 15 is 0 Å². The molecular formula is C15H23NS. The molecule has 0 heterocycles. The van der Waals surface area contributed by atoms with Crippen molar-refractivity contribution in [3.8, 4) is 0 Å². The molecule has 0 bridgehead atoms. The van der Waals surface area contributed by atoms with E-state index in [0.717, 1.165) is 17.7 Å². The molecule has 2 rings (SSSR count). The highest BCUT2D eigenvalue weighted by atomic mass is 32.2. The SMILES string of the molecule is CCc1ccc(SC2CCC(NC)CC2)cc1. The zero-order chi connectivity index (χ0) is 12.1. The molecule has 1 fully saturated rings. The minimum absolute atomic E-state index is 0.759. The molecule has 17 heavy (non-hydrogen) atoms. The van der Waals surface area contributed by atoms with Crippen molar-refractivity contribution in [2.45, 2.75) is 55.2 Å². The second-order valence-corrected chi connectivity index (χ2v) is 6.25. The van der Waals surface area contributed by atoms with Crippen LogP contribution in [0.25, 0.3) is 0 Å². The van der Waals surface area contributed by atoms with Crippen molar-refractivity contribution in [3.05, 3.63) is 29.8 Å². The summed E-state index contributed by atoms with van der Waals surface area (Å²) in [6.07, 6.45) is 6.51. The summed E-state index contributed by atoms with van der Waals surface area (Å²) in [4.78, 5) is 1.44. The number of rotatable bonds is 4. The van der Waals surface area contributed by atoms with Crippen molar-refractivity contribution < 1.29 is 0 Å². The fraction of sp³-hybridized carbons (Fsp3) is 0.600. The van der Waals surface area contributed by atoms with Gasteiger partial charge in [0.1, 0.15) is 0 Å². The molecule has 1 aromatic rings. The lowest BCUT2D eigenvalue weighted by atomic mass is 9.95. The second-order valence-electron chi connectivity index (χ2n) is 4.88. The van der Waals surface area contributed by atoms with Crippen LogP contribution in [-0.4, -0.2) is 18.3 Å². The van der Waals surface area contributed by atoms with Crippen molar-refractivity contribution in [1.29, 1.82) is 0 Å². The maximum absolute atomic E-state index is 3.39. The van der Waals surface area contributed by atoms with E-state index in [0.29, 0.717) is 0 Å². The molecule has 2 heteroatoms. The number of aryl methyl sites for hydroxylation is 1. The van der Waals surface area contributed by atoms with Crippen LogP contribution < -0.4 is 5.32 Å². The van der Waals surface area contributed by atoms with Crippen LogP contribution in [0.5, 0.6) is 0 Å². The molecule has 0 radical (unpaired) electrons. The van der Waals surface area contributed by atoms with Crippen LogP contribution in [0, 0.1) is 0 Å². The summed E-state index contributed by atoms with van der Waals surface area (Å²) < 4.78 is 0. The monoisotopic (exact) mass is 249 g/mol. The summed E-state index contributed by atoms with van der Waals surface area (Å²) in [7, 11) is 2.08. The minimum Gasteiger partial charge on any atom is -0.317 e. The van der Waals surface area contributed by atoms with E-state index in [2.05, 4.69) is 55.3 Å². The summed E-state index contributed by atoms with van der Waals surface area (Å²) in [6, 6.07) is 9.86. The molecule has 0 spiro atoms. The van der Waals surface area contributed by atoms with Crippen LogP contribution in [0.4, 0.5) is 0 Å². The molecule has 0 atom stereocenters. The van der Waals surface area contributed by atoms with E-state index in [9.17, 15) is 0 Å². The predicted molar refractivity (Wildman–Crippen MR) is 76.8 cm³/mol. The quantitative estimate of drug-likeness (QED) is 0.869. The Morgan fingerprint density at radius 3 is 2.29 bits per heavy atom. The fourth-order valence-corrected chi connectivity index (χ4v) is 3.65. The van der Waals surface area contributed by atoms with Crippen molar-refractivity contribution in [2.75, 3.05) is 7.05 Å². The van der Waals surface area contributed by atoms with E-state index in [4.69, 9.17) is 0 Å². The highest BCUT2D eigenvalue weighted by Crippen LogP contribution is 2.33. The van der Waals surface area contributed by atoms with Crippen molar-refractivity contribution in [1.82, 2.24) is 5.32 Å². The number of benzene rings is 1. The Kier molecular flexibility index (Phi) is 4.93. The Balaban J connectivity index is 1.84. The Morgan fingerprint density at radius 2 is 1.76 bits per heavy atom. The molecule has 0 amide bonds. The van der Waals surface area contributed by atoms with Crippen LogP contribution in [0.3, 0.4) is 0 Å². The Labute approximate surface area is 109 Å². The summed E-state index contributed by atoms with van der Waals surface area (Å²) in [5.41, 5.74) is 1.44. The summed E-state index contributed by atoms with van der Waals surface area (Å²) in [6.45, 7) is 2.21. The van der Waals surface area contributed by atoms with E-state index < -0.39 is 0 Å². The lowest BCUT2D eigenvalue weighted by molar-refractivity contribution is 0.401. The molecule has 0 aromatic heterocycles. The van der Waals surface area contributed by atoms with Crippen molar-refractivity contribution in [3.63, 3.8) is 0 Å². The highest BCUT2D eigenvalue weighted by Gasteiger charge is 2.20. The topological polar surface area (TPSA) is 12.0 Å². The summed E-state index contributed by atoms with van der Waals surface area (Å²) >= 11 is 2.07. The van der Waals surface area contributed by atoms with Crippen molar-refractivity contribution in [2.24, 2.45) is 0 Å². The normalized spacial score (nSPS) is 24.8. The molecule has 1 nitrogen and oxygen atoms in total. The van der Waals surface area contributed by atoms with E-state index in [-0.39, 0.29) is 0 Å². The molecule has 1 N–H and O–H groups in total. The average molecular weight is 249 g/mol. The van der Waals surface area contributed by atoms with Gasteiger partial charge in [-0.05, 0) is 56.8 Å². The van der Waals surface area contributed by atoms with Gasteiger partial charge in [0.2, 0.25) is 0 Å². The predicted octanol–water partition coefficient (Wildman–Crippen LogP) is 3.87. The van der Waals surface area contributed by atoms with Crippen molar-refractivity contribution >= 4 is 11.8 Å². The van der Waals surface area contributed by atoms with Gasteiger partial charge in [-0.25, -0.2) is 0 Å². The van der Waals surface area contributed by atoms with Crippen LogP contribution in [0.2, 0.25) is 0 Å². The number of hydrogen-bond donors (Lipinski definition) is 1. The van der Waals surface area contributed by atoms with Gasteiger partial charge >= 0.3 is 0 Å². The third kappa shape index (κ3) is 3.75. The largest absolute Gasteiger partial charge is 0.317 e. The van der Waals surface area contributed by atoms with Crippen LogP contribution in [-0.2, 0) is 6.42 Å². The molecule has 0 aliphatic heterocycles. The first kappa shape index (κ1) is 13.0. The molecule has 1 saturated carbocycles. The van der Waals surface area contributed by atoms with Gasteiger partial charge < -0.3 is 5.32 Å². The molecule has 0 saturated heterocycles. The Morgan fingerprint density at radius 1 is 1.12 bits per heavy atom. The zero-order valence-electron chi connectivity index (χ0n) is 10.9. The zero-order valence-corrected chi connectivity index (χ0v) is 11.7. The fourth-order valence-electron chi connectivity index (χ4n) is 2.47. The van der Waals surface area contributed by atoms with E-state index in [1.54, 1.807) is 0 Å². The molecule has 1 aliphatic carbocycles. The minimum atomic E-state index is 0.759. The van der Waals surface area contributed by atoms with E-state index in [1.807, 2.05) is 0 Å². The standard InChI is InChI=1S/C15H23NS/c1-3-12-4-8-14(9-5-12)17-15-10-6-13(16-2)7-11-15/h4-5,8-9,13,15-16H,3,6-7,10-11H2,1-2H3. The number of nitrogens with one attached hydrogen (secondary N) is 1. The van der Waals surface area contributed by atoms with Crippen LogP contribution >= 0.6 is 11.8 Å². The number of hydrogen-bond acceptors (Lipinski definition) is 2. The van der Waals surface area contributed by atoms with Gasteiger partial charge in [-0.15, -0.1) is 11.8 Å². The summed E-state index contributed by atoms with van der Waals surface area (Å²) in [5.74, 6) is 0. The molecule has 94 valence electrons. The first-order chi connectivity index (χ1) is 8.31. The first-order valence-electron chi connectivity index (χ1n) is 6.74. The smallest absolute Gasteiger partial charge is 0.00955 e. The lowest BCUT2D eigenvalue weighted by Crippen LogP contribution is -2.30.